The molecule has 0 aliphatic carbocycles. The summed E-state index contributed by atoms with van der Waals surface area (Å²) in [5.74, 6) is 0.352. The summed E-state index contributed by atoms with van der Waals surface area (Å²) in [4.78, 5) is 2.46. The maximum atomic E-state index is 11.8. The standard InChI is InChI=1S/C19H26N2O2S/c1-4-21(14-16-8-6-5-7-9-16)18-10-11-19(24(20,22)23)17(13-18)12-15(2)3/h5-11,13,15H,4,12,14H2,1-3H3,(H2,20,22,23). The maximum Gasteiger partial charge on any atom is 0.238 e. The van der Waals surface area contributed by atoms with Crippen molar-refractivity contribution >= 4 is 15.7 Å². The van der Waals surface area contributed by atoms with Crippen molar-refractivity contribution in [3.63, 3.8) is 0 Å². The van der Waals surface area contributed by atoms with E-state index in [2.05, 4.69) is 37.8 Å². The largest absolute Gasteiger partial charge is 0.367 e. The van der Waals surface area contributed by atoms with Gasteiger partial charge in [0.15, 0.2) is 0 Å². The Morgan fingerprint density at radius 2 is 1.75 bits per heavy atom. The second-order valence-corrected chi connectivity index (χ2v) is 7.96. The molecule has 2 N–H and O–H groups in total. The molecule has 0 unspecified atom stereocenters. The quantitative estimate of drug-likeness (QED) is 0.834. The number of benzene rings is 2. The van der Waals surface area contributed by atoms with Gasteiger partial charge in [-0.1, -0.05) is 44.2 Å². The van der Waals surface area contributed by atoms with Crippen LogP contribution in [0.4, 0.5) is 5.69 Å². The number of nitrogens with two attached hydrogens (primary N) is 1. The monoisotopic (exact) mass is 346 g/mol. The number of sulfonamides is 1. The SMILES string of the molecule is CCN(Cc1ccccc1)c1ccc(S(N)(=O)=O)c(CC(C)C)c1. The van der Waals surface area contributed by atoms with Gasteiger partial charge in [-0.2, -0.15) is 0 Å². The average molecular weight is 346 g/mol. The van der Waals surface area contributed by atoms with Gasteiger partial charge < -0.3 is 4.90 Å². The Bertz CT molecular complexity index is 771. The molecule has 0 amide bonds. The van der Waals surface area contributed by atoms with Crippen LogP contribution in [-0.2, 0) is 23.0 Å². The van der Waals surface area contributed by atoms with Crippen LogP contribution < -0.4 is 10.0 Å². The third kappa shape index (κ3) is 4.82. The van der Waals surface area contributed by atoms with E-state index in [1.807, 2.05) is 30.3 Å². The smallest absolute Gasteiger partial charge is 0.238 e. The van der Waals surface area contributed by atoms with E-state index in [1.54, 1.807) is 6.07 Å². The van der Waals surface area contributed by atoms with Gasteiger partial charge in [0, 0.05) is 18.8 Å². The van der Waals surface area contributed by atoms with Gasteiger partial charge in [0.25, 0.3) is 0 Å². The van der Waals surface area contributed by atoms with Gasteiger partial charge in [-0.3, -0.25) is 0 Å². The van der Waals surface area contributed by atoms with E-state index in [-0.39, 0.29) is 4.90 Å². The zero-order valence-electron chi connectivity index (χ0n) is 14.6. The van der Waals surface area contributed by atoms with Crippen LogP contribution in [0.2, 0.25) is 0 Å². The molecule has 2 rings (SSSR count). The highest BCUT2D eigenvalue weighted by atomic mass is 32.2. The molecule has 5 heteroatoms. The Kier molecular flexibility index (Phi) is 6.02. The van der Waals surface area contributed by atoms with Crippen molar-refractivity contribution in [2.24, 2.45) is 11.1 Å². The van der Waals surface area contributed by atoms with Crippen LogP contribution in [0.15, 0.2) is 53.4 Å². The molecule has 0 heterocycles. The number of nitrogens with zero attached hydrogens (tertiary/aromatic N) is 1. The number of hydrogen-bond donors (Lipinski definition) is 1. The van der Waals surface area contributed by atoms with E-state index in [9.17, 15) is 8.42 Å². The van der Waals surface area contributed by atoms with Crippen molar-refractivity contribution in [2.45, 2.75) is 38.6 Å². The lowest BCUT2D eigenvalue weighted by Gasteiger charge is -2.25. The van der Waals surface area contributed by atoms with E-state index < -0.39 is 10.0 Å². The van der Waals surface area contributed by atoms with Crippen molar-refractivity contribution in [1.29, 1.82) is 0 Å². The second kappa shape index (κ2) is 7.81. The average Bonchev–Trinajstić information content (AvgIpc) is 2.52. The Labute approximate surface area is 145 Å². The number of rotatable bonds is 7. The number of hydrogen-bond acceptors (Lipinski definition) is 3. The van der Waals surface area contributed by atoms with Gasteiger partial charge in [-0.05, 0) is 48.6 Å². The third-order valence-electron chi connectivity index (χ3n) is 3.94. The van der Waals surface area contributed by atoms with Crippen LogP contribution in [-0.4, -0.2) is 15.0 Å². The second-order valence-electron chi connectivity index (χ2n) is 6.43. The minimum Gasteiger partial charge on any atom is -0.367 e. The first-order valence-electron chi connectivity index (χ1n) is 8.26. The van der Waals surface area contributed by atoms with Gasteiger partial charge in [-0.15, -0.1) is 0 Å². The summed E-state index contributed by atoms with van der Waals surface area (Å²) >= 11 is 0. The van der Waals surface area contributed by atoms with Crippen LogP contribution in [0.25, 0.3) is 0 Å². The lowest BCUT2D eigenvalue weighted by atomic mass is 10.0. The lowest BCUT2D eigenvalue weighted by Crippen LogP contribution is -2.23. The summed E-state index contributed by atoms with van der Waals surface area (Å²) in [6.45, 7) is 7.86. The van der Waals surface area contributed by atoms with Crippen molar-refractivity contribution in [3.8, 4) is 0 Å². The summed E-state index contributed by atoms with van der Waals surface area (Å²) in [5.41, 5.74) is 3.03. The third-order valence-corrected chi connectivity index (χ3v) is 4.95. The van der Waals surface area contributed by atoms with Gasteiger partial charge in [-0.25, -0.2) is 13.6 Å². The molecule has 0 aromatic heterocycles. The predicted octanol–water partition coefficient (Wildman–Crippen LogP) is 3.56. The van der Waals surface area contributed by atoms with E-state index >= 15 is 0 Å². The highest BCUT2D eigenvalue weighted by Gasteiger charge is 2.17. The topological polar surface area (TPSA) is 63.4 Å². The minimum atomic E-state index is -3.71. The van der Waals surface area contributed by atoms with Gasteiger partial charge in [0.1, 0.15) is 0 Å². The molecule has 0 radical (unpaired) electrons. The van der Waals surface area contributed by atoms with Crippen LogP contribution in [0, 0.1) is 5.92 Å². The first kappa shape index (κ1) is 18.5. The Hall–Kier alpha value is -1.85. The minimum absolute atomic E-state index is 0.232. The molecule has 0 aliphatic heterocycles. The summed E-state index contributed by atoms with van der Waals surface area (Å²) in [7, 11) is -3.71. The molecule has 0 spiro atoms. The molecule has 0 bridgehead atoms. The Morgan fingerprint density at radius 1 is 1.08 bits per heavy atom. The fraction of sp³-hybridized carbons (Fsp3) is 0.368. The van der Waals surface area contributed by atoms with E-state index in [1.165, 1.54) is 5.56 Å². The van der Waals surface area contributed by atoms with E-state index in [0.29, 0.717) is 12.3 Å². The molecule has 2 aromatic carbocycles. The van der Waals surface area contributed by atoms with E-state index in [4.69, 9.17) is 5.14 Å². The molecular weight excluding hydrogens is 320 g/mol. The molecule has 0 aliphatic rings. The van der Waals surface area contributed by atoms with Gasteiger partial charge in [0.05, 0.1) is 4.90 Å². The van der Waals surface area contributed by atoms with Crippen molar-refractivity contribution in [2.75, 3.05) is 11.4 Å². The predicted molar refractivity (Wildman–Crippen MR) is 99.5 cm³/mol. The number of anilines is 1. The molecule has 0 saturated carbocycles. The number of primary sulfonamides is 1. The van der Waals surface area contributed by atoms with Crippen LogP contribution in [0.5, 0.6) is 0 Å². The highest BCUT2D eigenvalue weighted by molar-refractivity contribution is 7.89. The maximum absolute atomic E-state index is 11.8. The van der Waals surface area contributed by atoms with Crippen LogP contribution in [0.3, 0.4) is 0 Å². The van der Waals surface area contributed by atoms with Gasteiger partial charge >= 0.3 is 0 Å². The summed E-state index contributed by atoms with van der Waals surface area (Å²) in [6.07, 6.45) is 0.683. The lowest BCUT2D eigenvalue weighted by molar-refractivity contribution is 0.592. The molecule has 0 saturated heterocycles. The van der Waals surface area contributed by atoms with Gasteiger partial charge in [0.2, 0.25) is 10.0 Å². The summed E-state index contributed by atoms with van der Waals surface area (Å²) in [6, 6.07) is 15.7. The molecule has 0 fully saturated rings. The first-order valence-corrected chi connectivity index (χ1v) is 9.80. The summed E-state index contributed by atoms with van der Waals surface area (Å²) < 4.78 is 23.7. The fourth-order valence-corrected chi connectivity index (χ4v) is 3.59. The van der Waals surface area contributed by atoms with Crippen LogP contribution in [0.1, 0.15) is 31.9 Å². The molecule has 2 aromatic rings. The van der Waals surface area contributed by atoms with E-state index in [0.717, 1.165) is 24.3 Å². The highest BCUT2D eigenvalue weighted by Crippen LogP contribution is 2.25. The molecule has 0 atom stereocenters. The van der Waals surface area contributed by atoms with Crippen molar-refractivity contribution in [3.05, 3.63) is 59.7 Å². The first-order chi connectivity index (χ1) is 11.3. The summed E-state index contributed by atoms with van der Waals surface area (Å²) in [5, 5.41) is 5.37. The zero-order chi connectivity index (χ0) is 17.7. The van der Waals surface area contributed by atoms with Crippen LogP contribution >= 0.6 is 0 Å². The Morgan fingerprint density at radius 3 is 2.29 bits per heavy atom. The Balaban J connectivity index is 2.38. The molecule has 24 heavy (non-hydrogen) atoms. The molecular formula is C19H26N2O2S. The fourth-order valence-electron chi connectivity index (χ4n) is 2.83. The normalized spacial score (nSPS) is 11.7. The molecule has 130 valence electrons. The van der Waals surface area contributed by atoms with Crippen molar-refractivity contribution in [1.82, 2.24) is 0 Å². The molecule has 4 nitrogen and oxygen atoms in total. The van der Waals surface area contributed by atoms with Crippen molar-refractivity contribution < 1.29 is 8.42 Å². The zero-order valence-corrected chi connectivity index (χ0v) is 15.4.